The molecular weight excluding hydrogens is 422 g/mol. The van der Waals surface area contributed by atoms with E-state index in [0.29, 0.717) is 17.4 Å². The number of hydrogen-bond donors (Lipinski definition) is 0. The minimum atomic E-state index is -0.246. The molecular formula is C32H44F2. The van der Waals surface area contributed by atoms with Crippen LogP contribution in [0, 0.1) is 29.4 Å². The van der Waals surface area contributed by atoms with Crippen LogP contribution in [-0.2, 0) is 6.42 Å². The van der Waals surface area contributed by atoms with E-state index in [1.54, 1.807) is 0 Å². The molecule has 0 spiro atoms. The predicted octanol–water partition coefficient (Wildman–Crippen LogP) is 10.3. The van der Waals surface area contributed by atoms with Gasteiger partial charge in [0.1, 0.15) is 11.6 Å². The molecule has 0 aromatic heterocycles. The highest BCUT2D eigenvalue weighted by molar-refractivity contribution is 5.85. The molecule has 2 fully saturated rings. The van der Waals surface area contributed by atoms with Gasteiger partial charge in [0.2, 0.25) is 0 Å². The summed E-state index contributed by atoms with van der Waals surface area (Å²) >= 11 is 0. The lowest BCUT2D eigenvalue weighted by molar-refractivity contribution is 0.112. The summed E-state index contributed by atoms with van der Waals surface area (Å²) in [7, 11) is 0. The fourth-order valence-corrected chi connectivity index (χ4v) is 6.85. The molecule has 4 atom stereocenters. The molecule has 2 aliphatic rings. The topological polar surface area (TPSA) is 0 Å². The Balaban J connectivity index is 1.38. The molecule has 0 saturated heterocycles. The Morgan fingerprint density at radius 1 is 0.912 bits per heavy atom. The van der Waals surface area contributed by atoms with Gasteiger partial charge in [0.05, 0.1) is 0 Å². The second-order valence-electron chi connectivity index (χ2n) is 11.2. The van der Waals surface area contributed by atoms with E-state index < -0.39 is 0 Å². The zero-order valence-electron chi connectivity index (χ0n) is 21.4. The van der Waals surface area contributed by atoms with Crippen molar-refractivity contribution in [2.45, 2.75) is 110 Å². The number of hydrogen-bond acceptors (Lipinski definition) is 0. The van der Waals surface area contributed by atoms with Gasteiger partial charge in [-0.15, -0.1) is 0 Å². The van der Waals surface area contributed by atoms with Crippen molar-refractivity contribution >= 4 is 10.8 Å². The zero-order valence-corrected chi connectivity index (χ0v) is 21.4. The van der Waals surface area contributed by atoms with E-state index in [4.69, 9.17) is 0 Å². The maximum atomic E-state index is 15.3. The molecule has 0 heterocycles. The van der Waals surface area contributed by atoms with E-state index in [1.165, 1.54) is 70.3 Å². The summed E-state index contributed by atoms with van der Waals surface area (Å²) in [6.45, 7) is 4.26. The summed E-state index contributed by atoms with van der Waals surface area (Å²) in [6.07, 6.45) is 21.3. The second-order valence-corrected chi connectivity index (χ2v) is 11.2. The Morgan fingerprint density at radius 2 is 1.71 bits per heavy atom. The first kappa shape index (κ1) is 25.4. The van der Waals surface area contributed by atoms with Crippen molar-refractivity contribution < 1.29 is 8.78 Å². The predicted molar refractivity (Wildman–Crippen MR) is 141 cm³/mol. The van der Waals surface area contributed by atoms with Crippen molar-refractivity contribution in [3.63, 3.8) is 0 Å². The number of rotatable bonds is 10. The summed E-state index contributed by atoms with van der Waals surface area (Å²) in [5, 5.41) is 1.28. The monoisotopic (exact) mass is 466 g/mol. The normalized spacial score (nSPS) is 25.2. The first-order valence-electron chi connectivity index (χ1n) is 14.1. The Kier molecular flexibility index (Phi) is 9.20. The SMILES string of the molecule is CC=CCCc1ccc2cc(C3CCC4CC(CCCCCCC)CCC4C3)c(F)cc2c1F. The largest absolute Gasteiger partial charge is 0.207 e. The molecule has 2 aliphatic carbocycles. The van der Waals surface area contributed by atoms with Gasteiger partial charge in [-0.05, 0) is 104 Å². The molecule has 0 aliphatic heterocycles. The van der Waals surface area contributed by atoms with Crippen LogP contribution in [0.25, 0.3) is 10.8 Å². The highest BCUT2D eigenvalue weighted by atomic mass is 19.1. The maximum Gasteiger partial charge on any atom is 0.134 e. The molecule has 2 aromatic rings. The molecule has 0 radical (unpaired) electrons. The van der Waals surface area contributed by atoms with Gasteiger partial charge in [-0.1, -0.05) is 76.2 Å². The van der Waals surface area contributed by atoms with Crippen molar-refractivity contribution in [2.24, 2.45) is 17.8 Å². The van der Waals surface area contributed by atoms with Crippen LogP contribution < -0.4 is 0 Å². The summed E-state index contributed by atoms with van der Waals surface area (Å²) in [4.78, 5) is 0. The Hall–Kier alpha value is -1.70. The Labute approximate surface area is 206 Å². The second kappa shape index (κ2) is 12.3. The van der Waals surface area contributed by atoms with Crippen LogP contribution in [0.3, 0.4) is 0 Å². The molecule has 2 saturated carbocycles. The lowest BCUT2D eigenvalue weighted by Crippen LogP contribution is -2.30. The molecule has 34 heavy (non-hydrogen) atoms. The molecule has 4 rings (SSSR count). The van der Waals surface area contributed by atoms with Crippen molar-refractivity contribution in [3.8, 4) is 0 Å². The lowest BCUT2D eigenvalue weighted by atomic mass is 9.63. The summed E-state index contributed by atoms with van der Waals surface area (Å²) < 4.78 is 30.3. The molecule has 4 unspecified atom stereocenters. The number of halogens is 2. The first-order valence-corrected chi connectivity index (χ1v) is 14.1. The number of allylic oxidation sites excluding steroid dienone is 2. The molecule has 2 aromatic carbocycles. The van der Waals surface area contributed by atoms with Crippen LogP contribution in [0.15, 0.2) is 36.4 Å². The van der Waals surface area contributed by atoms with Crippen molar-refractivity contribution in [1.29, 1.82) is 0 Å². The Bertz CT molecular complexity index is 959. The van der Waals surface area contributed by atoms with Gasteiger partial charge >= 0.3 is 0 Å². The fourth-order valence-electron chi connectivity index (χ4n) is 6.85. The van der Waals surface area contributed by atoms with Crippen LogP contribution in [0.4, 0.5) is 8.78 Å². The van der Waals surface area contributed by atoms with Crippen LogP contribution in [-0.4, -0.2) is 0 Å². The van der Waals surface area contributed by atoms with Crippen molar-refractivity contribution in [2.75, 3.05) is 0 Å². The average molecular weight is 467 g/mol. The van der Waals surface area contributed by atoms with Crippen LogP contribution >= 0.6 is 0 Å². The van der Waals surface area contributed by atoms with Crippen LogP contribution in [0.2, 0.25) is 0 Å². The molecule has 0 bridgehead atoms. The van der Waals surface area contributed by atoms with Crippen molar-refractivity contribution in [3.05, 3.63) is 59.2 Å². The van der Waals surface area contributed by atoms with E-state index in [-0.39, 0.29) is 17.6 Å². The number of aryl methyl sites for hydroxylation is 1. The highest BCUT2D eigenvalue weighted by Crippen LogP contribution is 2.49. The summed E-state index contributed by atoms with van der Waals surface area (Å²) in [5.41, 5.74) is 1.51. The van der Waals surface area contributed by atoms with Gasteiger partial charge in [-0.3, -0.25) is 0 Å². The highest BCUT2D eigenvalue weighted by Gasteiger charge is 2.36. The van der Waals surface area contributed by atoms with Gasteiger partial charge < -0.3 is 0 Å². The lowest BCUT2D eigenvalue weighted by Gasteiger charge is -2.42. The third-order valence-corrected chi connectivity index (χ3v) is 8.84. The van der Waals surface area contributed by atoms with Gasteiger partial charge in [-0.2, -0.15) is 0 Å². The smallest absolute Gasteiger partial charge is 0.134 e. The minimum Gasteiger partial charge on any atom is -0.207 e. The number of unbranched alkanes of at least 4 members (excludes halogenated alkanes) is 4. The third-order valence-electron chi connectivity index (χ3n) is 8.84. The Morgan fingerprint density at radius 3 is 2.53 bits per heavy atom. The van der Waals surface area contributed by atoms with Gasteiger partial charge in [0.15, 0.2) is 0 Å². The summed E-state index contributed by atoms with van der Waals surface area (Å²) in [5.74, 6) is 2.34. The van der Waals surface area contributed by atoms with Crippen molar-refractivity contribution in [1.82, 2.24) is 0 Å². The standard InChI is InChI=1S/C32H44F2/c1-3-5-7-8-10-11-23-13-14-26-20-27(18-16-25(26)19-23)29-21-28-17-15-24(12-9-6-4-2)32(34)30(28)22-31(29)33/h4,6,15,17,21-23,25-27H,3,5,7-14,16,18-20H2,1-2H3. The molecule has 0 N–H and O–H groups in total. The third kappa shape index (κ3) is 6.10. The van der Waals surface area contributed by atoms with E-state index in [9.17, 15) is 0 Å². The summed E-state index contributed by atoms with van der Waals surface area (Å²) in [6, 6.07) is 7.31. The van der Waals surface area contributed by atoms with Gasteiger partial charge in [-0.25, -0.2) is 8.78 Å². The first-order chi connectivity index (χ1) is 16.6. The van der Waals surface area contributed by atoms with E-state index >= 15 is 8.78 Å². The molecule has 0 amide bonds. The van der Waals surface area contributed by atoms with E-state index in [1.807, 2.05) is 37.3 Å². The fraction of sp³-hybridized carbons (Fsp3) is 0.625. The zero-order chi connectivity index (χ0) is 23.9. The van der Waals surface area contributed by atoms with Crippen LogP contribution in [0.1, 0.15) is 114 Å². The van der Waals surface area contributed by atoms with Gasteiger partial charge in [0, 0.05) is 5.39 Å². The molecule has 186 valence electrons. The minimum absolute atomic E-state index is 0.207. The van der Waals surface area contributed by atoms with E-state index in [0.717, 1.165) is 48.0 Å². The molecule has 2 heteroatoms. The number of fused-ring (bicyclic) bond motifs is 2. The van der Waals surface area contributed by atoms with Crippen LogP contribution in [0.5, 0.6) is 0 Å². The average Bonchev–Trinajstić information content (AvgIpc) is 2.85. The van der Waals surface area contributed by atoms with Gasteiger partial charge in [0.25, 0.3) is 0 Å². The maximum absolute atomic E-state index is 15.3. The number of benzene rings is 2. The van der Waals surface area contributed by atoms with E-state index in [2.05, 4.69) is 6.92 Å². The molecule has 0 nitrogen and oxygen atoms in total. The quantitative estimate of drug-likeness (QED) is 0.241.